The number of carbonyl (C=O) groups excluding carboxylic acids is 1. The van der Waals surface area contributed by atoms with Gasteiger partial charge in [-0.25, -0.2) is 9.18 Å². The highest BCUT2D eigenvalue weighted by molar-refractivity contribution is 5.73. The minimum Gasteiger partial charge on any atom is -0.492 e. The van der Waals surface area contributed by atoms with E-state index in [1.807, 2.05) is 6.07 Å². The van der Waals surface area contributed by atoms with Crippen LogP contribution in [0.5, 0.6) is 5.75 Å². The Balaban J connectivity index is 1.32. The summed E-state index contributed by atoms with van der Waals surface area (Å²) >= 11 is 0. The smallest absolute Gasteiger partial charge is 0.314 e. The van der Waals surface area contributed by atoms with Gasteiger partial charge in [0.25, 0.3) is 0 Å². The zero-order valence-electron chi connectivity index (χ0n) is 14.9. The molecule has 26 heavy (non-hydrogen) atoms. The Morgan fingerprint density at radius 2 is 1.77 bits per heavy atom. The summed E-state index contributed by atoms with van der Waals surface area (Å²) in [7, 11) is 0. The molecule has 0 bridgehead atoms. The third kappa shape index (κ3) is 5.22. The monoisotopic (exact) mass is 356 g/mol. The highest BCUT2D eigenvalue weighted by Gasteiger charge is 2.10. The third-order valence-electron chi connectivity index (χ3n) is 4.61. The van der Waals surface area contributed by atoms with E-state index in [4.69, 9.17) is 4.74 Å². The van der Waals surface area contributed by atoms with Crippen molar-refractivity contribution in [2.24, 2.45) is 0 Å². The number of nitrogens with one attached hydrogen (secondary N) is 2. The van der Waals surface area contributed by atoms with Crippen LogP contribution in [0.1, 0.15) is 29.5 Å². The van der Waals surface area contributed by atoms with Crippen LogP contribution in [0.3, 0.4) is 0 Å². The average molecular weight is 356 g/mol. The van der Waals surface area contributed by atoms with Gasteiger partial charge in [-0.1, -0.05) is 24.3 Å². The summed E-state index contributed by atoms with van der Waals surface area (Å²) in [5.74, 6) is 0.612. The van der Waals surface area contributed by atoms with Crippen LogP contribution in [-0.4, -0.2) is 25.7 Å². The molecule has 1 aliphatic carbocycles. The van der Waals surface area contributed by atoms with Gasteiger partial charge in [0.15, 0.2) is 0 Å². The number of benzene rings is 2. The number of carbonyl (C=O) groups is 1. The summed E-state index contributed by atoms with van der Waals surface area (Å²) < 4.78 is 19.2. The Kier molecular flexibility index (Phi) is 6.47. The molecule has 0 saturated carbocycles. The van der Waals surface area contributed by atoms with Crippen molar-refractivity contribution in [1.82, 2.24) is 10.6 Å². The normalized spacial score (nSPS) is 13.0. The van der Waals surface area contributed by atoms with Crippen LogP contribution < -0.4 is 15.4 Å². The topological polar surface area (TPSA) is 50.4 Å². The van der Waals surface area contributed by atoms with E-state index in [9.17, 15) is 9.18 Å². The predicted octanol–water partition coefficient (Wildman–Crippen LogP) is 3.63. The lowest BCUT2D eigenvalue weighted by molar-refractivity contribution is 0.236. The van der Waals surface area contributed by atoms with E-state index in [0.717, 1.165) is 18.6 Å². The number of aryl methyl sites for hydroxylation is 2. The second-order valence-corrected chi connectivity index (χ2v) is 6.51. The zero-order valence-corrected chi connectivity index (χ0v) is 14.9. The SMILES string of the molecule is O=C(NCCOc1ccc2c(c1)CCCC2)NCCc1ccccc1F. The first-order chi connectivity index (χ1) is 12.7. The van der Waals surface area contributed by atoms with Crippen LogP contribution in [0, 0.1) is 5.82 Å². The molecule has 0 aliphatic heterocycles. The second-order valence-electron chi connectivity index (χ2n) is 6.51. The van der Waals surface area contributed by atoms with Crippen LogP contribution in [0.2, 0.25) is 0 Å². The van der Waals surface area contributed by atoms with E-state index in [0.29, 0.717) is 31.7 Å². The van der Waals surface area contributed by atoms with Gasteiger partial charge in [0.05, 0.1) is 6.54 Å². The fourth-order valence-corrected chi connectivity index (χ4v) is 3.21. The summed E-state index contributed by atoms with van der Waals surface area (Å²) in [6.45, 7) is 1.22. The molecule has 0 aromatic heterocycles. The summed E-state index contributed by atoms with van der Waals surface area (Å²) in [6.07, 6.45) is 5.25. The number of hydrogen-bond donors (Lipinski definition) is 2. The quantitative estimate of drug-likeness (QED) is 0.745. The Hall–Kier alpha value is -2.56. The van der Waals surface area contributed by atoms with Crippen LogP contribution in [0.15, 0.2) is 42.5 Å². The fraction of sp³-hybridized carbons (Fsp3) is 0.381. The second kappa shape index (κ2) is 9.22. The van der Waals surface area contributed by atoms with Crippen LogP contribution in [0.25, 0.3) is 0 Å². The number of hydrogen-bond acceptors (Lipinski definition) is 2. The molecule has 4 nitrogen and oxygen atoms in total. The minimum absolute atomic E-state index is 0.242. The van der Waals surface area contributed by atoms with Crippen LogP contribution in [-0.2, 0) is 19.3 Å². The molecule has 3 rings (SSSR count). The molecule has 2 aromatic rings. The molecule has 2 aromatic carbocycles. The van der Waals surface area contributed by atoms with Crippen LogP contribution in [0.4, 0.5) is 9.18 Å². The molecule has 2 amide bonds. The van der Waals surface area contributed by atoms with E-state index in [2.05, 4.69) is 22.8 Å². The van der Waals surface area contributed by atoms with Gasteiger partial charge in [0.2, 0.25) is 0 Å². The first-order valence-corrected chi connectivity index (χ1v) is 9.22. The molecule has 5 heteroatoms. The molecule has 0 heterocycles. The maximum atomic E-state index is 13.5. The third-order valence-corrected chi connectivity index (χ3v) is 4.61. The van der Waals surface area contributed by atoms with Crippen molar-refractivity contribution in [2.75, 3.05) is 19.7 Å². The van der Waals surface area contributed by atoms with E-state index in [-0.39, 0.29) is 11.8 Å². The van der Waals surface area contributed by atoms with Gasteiger partial charge in [0.1, 0.15) is 18.2 Å². The number of amides is 2. The number of ether oxygens (including phenoxy) is 1. The first-order valence-electron chi connectivity index (χ1n) is 9.22. The van der Waals surface area contributed by atoms with Crippen molar-refractivity contribution in [3.05, 3.63) is 65.0 Å². The van der Waals surface area contributed by atoms with Gasteiger partial charge in [-0.15, -0.1) is 0 Å². The van der Waals surface area contributed by atoms with Gasteiger partial charge in [-0.3, -0.25) is 0 Å². The van der Waals surface area contributed by atoms with Gasteiger partial charge < -0.3 is 15.4 Å². The fourth-order valence-electron chi connectivity index (χ4n) is 3.21. The number of urea groups is 1. The van der Waals surface area contributed by atoms with E-state index >= 15 is 0 Å². The Morgan fingerprint density at radius 1 is 1.00 bits per heavy atom. The van der Waals surface area contributed by atoms with Crippen molar-refractivity contribution >= 4 is 6.03 Å². The molecule has 2 N–H and O–H groups in total. The molecular weight excluding hydrogens is 331 g/mol. The summed E-state index contributed by atoms with van der Waals surface area (Å²) in [5.41, 5.74) is 3.41. The van der Waals surface area contributed by atoms with Crippen molar-refractivity contribution in [3.63, 3.8) is 0 Å². The molecule has 0 atom stereocenters. The summed E-state index contributed by atoms with van der Waals surface area (Å²) in [6, 6.07) is 12.6. The minimum atomic E-state index is -0.268. The van der Waals surface area contributed by atoms with Crippen molar-refractivity contribution in [3.8, 4) is 5.75 Å². The van der Waals surface area contributed by atoms with Crippen LogP contribution >= 0.6 is 0 Å². The van der Waals surface area contributed by atoms with E-state index < -0.39 is 0 Å². The van der Waals surface area contributed by atoms with Crippen molar-refractivity contribution < 1.29 is 13.9 Å². The molecule has 0 spiro atoms. The highest BCUT2D eigenvalue weighted by Crippen LogP contribution is 2.25. The lowest BCUT2D eigenvalue weighted by atomic mass is 9.92. The Morgan fingerprint density at radius 3 is 2.62 bits per heavy atom. The number of fused-ring (bicyclic) bond motifs is 1. The summed E-state index contributed by atoms with van der Waals surface area (Å²) in [5, 5.41) is 5.47. The molecule has 138 valence electrons. The number of rotatable bonds is 7. The average Bonchev–Trinajstić information content (AvgIpc) is 2.67. The maximum absolute atomic E-state index is 13.5. The van der Waals surface area contributed by atoms with Crippen molar-refractivity contribution in [1.29, 1.82) is 0 Å². The zero-order chi connectivity index (χ0) is 18.2. The number of halogens is 1. The molecule has 0 radical (unpaired) electrons. The molecule has 0 unspecified atom stereocenters. The van der Waals surface area contributed by atoms with Gasteiger partial charge in [-0.05, 0) is 67.0 Å². The van der Waals surface area contributed by atoms with Crippen molar-refractivity contribution in [2.45, 2.75) is 32.1 Å². The largest absolute Gasteiger partial charge is 0.492 e. The predicted molar refractivity (Wildman–Crippen MR) is 100 cm³/mol. The van der Waals surface area contributed by atoms with Gasteiger partial charge >= 0.3 is 6.03 Å². The lowest BCUT2D eigenvalue weighted by Gasteiger charge is -2.17. The van der Waals surface area contributed by atoms with Gasteiger partial charge in [-0.2, -0.15) is 0 Å². The Bertz CT molecular complexity index is 749. The lowest BCUT2D eigenvalue weighted by Crippen LogP contribution is -2.38. The molecular formula is C21H25FN2O2. The van der Waals surface area contributed by atoms with E-state index in [1.165, 1.54) is 30.0 Å². The maximum Gasteiger partial charge on any atom is 0.314 e. The standard InChI is InChI=1S/C21H25FN2O2/c22-20-8-4-3-6-17(20)11-12-23-21(25)24-13-14-26-19-10-9-16-5-1-2-7-18(16)15-19/h3-4,6,8-10,15H,1-2,5,7,11-14H2,(H2,23,24,25). The highest BCUT2D eigenvalue weighted by atomic mass is 19.1. The molecule has 0 saturated heterocycles. The van der Waals surface area contributed by atoms with Gasteiger partial charge in [0, 0.05) is 6.54 Å². The molecule has 0 fully saturated rings. The molecule has 1 aliphatic rings. The first kappa shape index (κ1) is 18.2. The van der Waals surface area contributed by atoms with E-state index in [1.54, 1.807) is 18.2 Å². The summed E-state index contributed by atoms with van der Waals surface area (Å²) in [4.78, 5) is 11.7. The Labute approximate surface area is 153 Å².